The normalized spacial score (nSPS) is 24.8. The first-order chi connectivity index (χ1) is 9.07. The van der Waals surface area contributed by atoms with Crippen LogP contribution in [0.1, 0.15) is 32.8 Å². The standard InChI is InChI=1S/C16H25NO2/c1-5-19-13-8-6-12(7-9-13)11-17-14-10-15(18-4)16(14,2)3/h6-9,14-15,17H,5,10-11H2,1-4H3. The second kappa shape index (κ2) is 5.93. The third-order valence-electron chi connectivity index (χ3n) is 4.25. The highest BCUT2D eigenvalue weighted by molar-refractivity contribution is 5.27. The van der Waals surface area contributed by atoms with Crippen molar-refractivity contribution in [1.82, 2.24) is 5.32 Å². The molecule has 1 saturated carbocycles. The van der Waals surface area contributed by atoms with Crippen LogP contribution in [0.4, 0.5) is 0 Å². The van der Waals surface area contributed by atoms with Crippen molar-refractivity contribution in [2.24, 2.45) is 5.41 Å². The molecule has 1 aromatic rings. The van der Waals surface area contributed by atoms with Gasteiger partial charge in [-0.3, -0.25) is 0 Å². The van der Waals surface area contributed by atoms with Crippen LogP contribution in [-0.4, -0.2) is 25.9 Å². The lowest BCUT2D eigenvalue weighted by atomic mass is 9.64. The molecule has 3 nitrogen and oxygen atoms in total. The molecule has 3 heteroatoms. The van der Waals surface area contributed by atoms with Gasteiger partial charge < -0.3 is 14.8 Å². The molecule has 19 heavy (non-hydrogen) atoms. The summed E-state index contributed by atoms with van der Waals surface area (Å²) < 4.78 is 10.9. The van der Waals surface area contributed by atoms with Gasteiger partial charge in [-0.05, 0) is 31.0 Å². The van der Waals surface area contributed by atoms with Crippen molar-refractivity contribution in [3.63, 3.8) is 0 Å². The molecule has 0 aromatic heterocycles. The molecule has 1 aromatic carbocycles. The number of benzene rings is 1. The molecule has 1 aliphatic carbocycles. The lowest BCUT2D eigenvalue weighted by Gasteiger charge is -2.51. The van der Waals surface area contributed by atoms with Crippen molar-refractivity contribution >= 4 is 0 Å². The highest BCUT2D eigenvalue weighted by Crippen LogP contribution is 2.42. The highest BCUT2D eigenvalue weighted by atomic mass is 16.5. The average molecular weight is 263 g/mol. The number of ether oxygens (including phenoxy) is 2. The number of hydrogen-bond donors (Lipinski definition) is 1. The number of hydrogen-bond acceptors (Lipinski definition) is 3. The molecular formula is C16H25NO2. The van der Waals surface area contributed by atoms with E-state index in [0.717, 1.165) is 18.7 Å². The molecule has 106 valence electrons. The van der Waals surface area contributed by atoms with Crippen LogP contribution in [-0.2, 0) is 11.3 Å². The van der Waals surface area contributed by atoms with Crippen molar-refractivity contribution in [2.45, 2.75) is 45.9 Å². The van der Waals surface area contributed by atoms with E-state index in [-0.39, 0.29) is 5.41 Å². The predicted molar refractivity (Wildman–Crippen MR) is 77.4 cm³/mol. The van der Waals surface area contributed by atoms with Crippen molar-refractivity contribution in [3.8, 4) is 5.75 Å². The van der Waals surface area contributed by atoms with Gasteiger partial charge in [0.2, 0.25) is 0 Å². The van der Waals surface area contributed by atoms with Crippen LogP contribution >= 0.6 is 0 Å². The number of rotatable bonds is 6. The van der Waals surface area contributed by atoms with Gasteiger partial charge in [0.1, 0.15) is 5.75 Å². The van der Waals surface area contributed by atoms with E-state index < -0.39 is 0 Å². The van der Waals surface area contributed by atoms with Crippen LogP contribution in [0.3, 0.4) is 0 Å². The Balaban J connectivity index is 1.83. The molecule has 0 spiro atoms. The Bertz CT molecular complexity index is 400. The van der Waals surface area contributed by atoms with Crippen molar-refractivity contribution in [1.29, 1.82) is 0 Å². The smallest absolute Gasteiger partial charge is 0.119 e. The lowest BCUT2D eigenvalue weighted by Crippen LogP contribution is -2.60. The van der Waals surface area contributed by atoms with E-state index in [0.29, 0.717) is 18.8 Å². The van der Waals surface area contributed by atoms with Crippen LogP contribution in [0, 0.1) is 5.41 Å². The summed E-state index contributed by atoms with van der Waals surface area (Å²) in [5.74, 6) is 0.940. The molecule has 0 radical (unpaired) electrons. The maximum atomic E-state index is 5.47. The zero-order valence-corrected chi connectivity index (χ0v) is 12.4. The lowest BCUT2D eigenvalue weighted by molar-refractivity contribution is -0.0979. The molecule has 1 aliphatic rings. The van der Waals surface area contributed by atoms with E-state index in [1.54, 1.807) is 7.11 Å². The number of nitrogens with one attached hydrogen (secondary N) is 1. The molecule has 1 fully saturated rings. The van der Waals surface area contributed by atoms with Gasteiger partial charge in [0.25, 0.3) is 0 Å². The summed E-state index contributed by atoms with van der Waals surface area (Å²) in [6.07, 6.45) is 1.48. The second-order valence-electron chi connectivity index (χ2n) is 5.79. The molecule has 0 bridgehead atoms. The predicted octanol–water partition coefficient (Wildman–Crippen LogP) is 2.99. The van der Waals surface area contributed by atoms with Crippen LogP contribution < -0.4 is 10.1 Å². The summed E-state index contributed by atoms with van der Waals surface area (Å²) in [6, 6.07) is 8.84. The quantitative estimate of drug-likeness (QED) is 0.856. The van der Waals surface area contributed by atoms with Gasteiger partial charge in [-0.1, -0.05) is 26.0 Å². The van der Waals surface area contributed by atoms with Gasteiger partial charge in [0.05, 0.1) is 12.7 Å². The third-order valence-corrected chi connectivity index (χ3v) is 4.25. The zero-order valence-electron chi connectivity index (χ0n) is 12.4. The summed E-state index contributed by atoms with van der Waals surface area (Å²) in [5, 5.41) is 3.62. The Kier molecular flexibility index (Phi) is 4.48. The summed E-state index contributed by atoms with van der Waals surface area (Å²) >= 11 is 0. The minimum absolute atomic E-state index is 0.222. The van der Waals surface area contributed by atoms with E-state index in [9.17, 15) is 0 Å². The van der Waals surface area contributed by atoms with Gasteiger partial charge in [-0.25, -0.2) is 0 Å². The molecule has 0 saturated heterocycles. The summed E-state index contributed by atoms with van der Waals surface area (Å²) in [5.41, 5.74) is 1.51. The van der Waals surface area contributed by atoms with E-state index in [4.69, 9.17) is 9.47 Å². The summed E-state index contributed by atoms with van der Waals surface area (Å²) in [4.78, 5) is 0. The zero-order chi connectivity index (χ0) is 13.9. The number of methoxy groups -OCH3 is 1. The highest BCUT2D eigenvalue weighted by Gasteiger charge is 2.48. The minimum Gasteiger partial charge on any atom is -0.494 e. The van der Waals surface area contributed by atoms with Crippen molar-refractivity contribution in [3.05, 3.63) is 29.8 Å². The SMILES string of the molecule is CCOc1ccc(CNC2CC(OC)C2(C)C)cc1. The monoisotopic (exact) mass is 263 g/mol. The molecule has 1 N–H and O–H groups in total. The van der Waals surface area contributed by atoms with Crippen LogP contribution in [0.25, 0.3) is 0 Å². The van der Waals surface area contributed by atoms with Gasteiger partial charge >= 0.3 is 0 Å². The Labute approximate surface area is 116 Å². The maximum Gasteiger partial charge on any atom is 0.119 e. The first kappa shape index (κ1) is 14.4. The molecule has 0 heterocycles. The Morgan fingerprint density at radius 3 is 2.47 bits per heavy atom. The van der Waals surface area contributed by atoms with Gasteiger partial charge in [-0.2, -0.15) is 0 Å². The molecule has 2 atom stereocenters. The second-order valence-corrected chi connectivity index (χ2v) is 5.79. The van der Waals surface area contributed by atoms with Gasteiger partial charge in [-0.15, -0.1) is 0 Å². The first-order valence-electron chi connectivity index (χ1n) is 7.05. The Morgan fingerprint density at radius 2 is 1.95 bits per heavy atom. The Hall–Kier alpha value is -1.06. The topological polar surface area (TPSA) is 30.5 Å². The van der Waals surface area contributed by atoms with Crippen LogP contribution in [0.5, 0.6) is 5.75 Å². The van der Waals surface area contributed by atoms with E-state index in [1.807, 2.05) is 19.1 Å². The molecule has 0 aliphatic heterocycles. The van der Waals surface area contributed by atoms with Crippen molar-refractivity contribution < 1.29 is 9.47 Å². The van der Waals surface area contributed by atoms with E-state index in [2.05, 4.69) is 31.3 Å². The summed E-state index contributed by atoms with van der Waals surface area (Å²) in [6.45, 7) is 8.14. The molecule has 2 unspecified atom stereocenters. The average Bonchev–Trinajstić information content (AvgIpc) is 2.40. The Morgan fingerprint density at radius 1 is 1.26 bits per heavy atom. The van der Waals surface area contributed by atoms with Gasteiger partial charge in [0, 0.05) is 25.1 Å². The third kappa shape index (κ3) is 3.10. The maximum absolute atomic E-state index is 5.47. The molecule has 0 amide bonds. The largest absolute Gasteiger partial charge is 0.494 e. The minimum atomic E-state index is 0.222. The van der Waals surface area contributed by atoms with Crippen LogP contribution in [0.15, 0.2) is 24.3 Å². The first-order valence-corrected chi connectivity index (χ1v) is 7.05. The summed E-state index contributed by atoms with van der Waals surface area (Å²) in [7, 11) is 1.80. The fourth-order valence-electron chi connectivity index (χ4n) is 2.74. The molecule has 2 rings (SSSR count). The van der Waals surface area contributed by atoms with Crippen molar-refractivity contribution in [2.75, 3.05) is 13.7 Å². The fourth-order valence-corrected chi connectivity index (χ4v) is 2.74. The van der Waals surface area contributed by atoms with Gasteiger partial charge in [0.15, 0.2) is 0 Å². The molecular weight excluding hydrogens is 238 g/mol. The van der Waals surface area contributed by atoms with Crippen LogP contribution in [0.2, 0.25) is 0 Å². The van der Waals surface area contributed by atoms with E-state index in [1.165, 1.54) is 5.56 Å². The fraction of sp³-hybridized carbons (Fsp3) is 0.625. The van der Waals surface area contributed by atoms with E-state index >= 15 is 0 Å².